The molecule has 2 aromatic carbocycles. The smallest absolute Gasteiger partial charge is 0.241 e. The van der Waals surface area contributed by atoms with E-state index in [1.807, 2.05) is 24.3 Å². The Balaban J connectivity index is 2.27. The molecule has 0 aromatic heterocycles. The molecule has 2 aromatic rings. The van der Waals surface area contributed by atoms with Crippen molar-refractivity contribution < 1.29 is 8.42 Å². The average molecular weight is 434 g/mol. The molecule has 0 spiro atoms. The molecule has 0 amide bonds. The summed E-state index contributed by atoms with van der Waals surface area (Å²) in [6.07, 6.45) is 0. The second-order valence-corrected chi connectivity index (χ2v) is 8.00. The van der Waals surface area contributed by atoms with Gasteiger partial charge >= 0.3 is 0 Å². The van der Waals surface area contributed by atoms with Crippen molar-refractivity contribution in [2.45, 2.75) is 18.4 Å². The fraction of sp³-hybridized carbons (Fsp3) is 0.143. The van der Waals surface area contributed by atoms with Crippen molar-refractivity contribution in [3.05, 3.63) is 56.5 Å². The molecule has 0 aliphatic heterocycles. The molecule has 0 fully saturated rings. The van der Waals surface area contributed by atoms with Crippen LogP contribution in [0.1, 0.15) is 11.1 Å². The third kappa shape index (κ3) is 3.85. The molecule has 2 rings (SSSR count). The monoisotopic (exact) mass is 432 g/mol. The average Bonchev–Trinajstić information content (AvgIpc) is 2.42. The van der Waals surface area contributed by atoms with Crippen molar-refractivity contribution >= 4 is 47.6 Å². The zero-order chi connectivity index (χ0) is 15.6. The molecule has 0 atom stereocenters. The van der Waals surface area contributed by atoms with E-state index in [2.05, 4.69) is 36.6 Å². The van der Waals surface area contributed by atoms with E-state index in [-0.39, 0.29) is 11.4 Å². The van der Waals surface area contributed by atoms with Crippen molar-refractivity contribution in [1.29, 1.82) is 0 Å². The third-order valence-electron chi connectivity index (χ3n) is 2.99. The Kier molecular flexibility index (Phi) is 5.08. The summed E-state index contributed by atoms with van der Waals surface area (Å²) in [7, 11) is -3.62. The Labute approximate surface area is 141 Å². The van der Waals surface area contributed by atoms with Gasteiger partial charge in [-0.3, -0.25) is 0 Å². The zero-order valence-electron chi connectivity index (χ0n) is 11.2. The summed E-state index contributed by atoms with van der Waals surface area (Å²) in [5.74, 6) is 0. The van der Waals surface area contributed by atoms with Gasteiger partial charge in [-0.1, -0.05) is 34.1 Å². The molecule has 0 aliphatic rings. The second-order valence-electron chi connectivity index (χ2n) is 4.56. The lowest BCUT2D eigenvalue weighted by Gasteiger charge is -2.12. The highest BCUT2D eigenvalue weighted by Crippen LogP contribution is 2.26. The standard InChI is InChI=1S/C14H14Br2N2O2S/c1-9-6-12(16)13(17)7-14(9)21(19,20)18-8-10-4-2-3-5-11(10)15/h2-7,18H,8,17H2,1H3. The Morgan fingerprint density at radius 2 is 1.81 bits per heavy atom. The van der Waals surface area contributed by atoms with Gasteiger partial charge in [-0.15, -0.1) is 0 Å². The molecule has 0 heterocycles. The number of anilines is 1. The summed E-state index contributed by atoms with van der Waals surface area (Å²) >= 11 is 6.68. The maximum atomic E-state index is 12.4. The highest BCUT2D eigenvalue weighted by Gasteiger charge is 2.18. The molecule has 0 bridgehead atoms. The lowest BCUT2D eigenvalue weighted by atomic mass is 10.2. The Hall–Kier alpha value is -0.890. The number of rotatable bonds is 4. The van der Waals surface area contributed by atoms with Gasteiger partial charge in [0.25, 0.3) is 0 Å². The van der Waals surface area contributed by atoms with Crippen LogP contribution in [0.15, 0.2) is 50.2 Å². The van der Waals surface area contributed by atoms with Crippen molar-refractivity contribution in [2.75, 3.05) is 5.73 Å². The van der Waals surface area contributed by atoms with Gasteiger partial charge in [-0.05, 0) is 52.2 Å². The molecule has 0 radical (unpaired) electrons. The number of sulfonamides is 1. The molecule has 0 saturated carbocycles. The normalized spacial score (nSPS) is 11.6. The molecule has 4 nitrogen and oxygen atoms in total. The Morgan fingerprint density at radius 3 is 2.48 bits per heavy atom. The van der Waals surface area contributed by atoms with Gasteiger partial charge in [0.05, 0.1) is 4.90 Å². The largest absolute Gasteiger partial charge is 0.398 e. The van der Waals surface area contributed by atoms with Gasteiger partial charge in [0.1, 0.15) is 0 Å². The van der Waals surface area contributed by atoms with Crippen LogP contribution in [0.25, 0.3) is 0 Å². The van der Waals surface area contributed by atoms with Crippen LogP contribution in [-0.2, 0) is 16.6 Å². The number of nitrogen functional groups attached to an aromatic ring is 1. The van der Waals surface area contributed by atoms with Crippen LogP contribution in [0.3, 0.4) is 0 Å². The number of hydrogen-bond donors (Lipinski definition) is 2. The summed E-state index contributed by atoms with van der Waals surface area (Å²) in [5.41, 5.74) is 7.66. The molecular weight excluding hydrogens is 420 g/mol. The van der Waals surface area contributed by atoms with Crippen molar-refractivity contribution in [3.63, 3.8) is 0 Å². The minimum absolute atomic E-state index is 0.190. The van der Waals surface area contributed by atoms with E-state index in [9.17, 15) is 8.42 Å². The number of nitrogens with one attached hydrogen (secondary N) is 1. The molecule has 21 heavy (non-hydrogen) atoms. The number of benzene rings is 2. The molecule has 0 aliphatic carbocycles. The molecule has 3 N–H and O–H groups in total. The van der Waals surface area contributed by atoms with E-state index < -0.39 is 10.0 Å². The van der Waals surface area contributed by atoms with Gasteiger partial charge in [-0.25, -0.2) is 13.1 Å². The number of nitrogens with two attached hydrogens (primary N) is 1. The maximum absolute atomic E-state index is 12.4. The second kappa shape index (κ2) is 6.48. The molecular formula is C14H14Br2N2O2S. The summed E-state index contributed by atoms with van der Waals surface area (Å²) in [5, 5.41) is 0. The van der Waals surface area contributed by atoms with Crippen LogP contribution in [0.2, 0.25) is 0 Å². The van der Waals surface area contributed by atoms with Gasteiger partial charge in [0.15, 0.2) is 0 Å². The predicted molar refractivity (Wildman–Crippen MR) is 91.5 cm³/mol. The van der Waals surface area contributed by atoms with Gasteiger partial charge in [0, 0.05) is 21.2 Å². The van der Waals surface area contributed by atoms with Crippen LogP contribution in [0.5, 0.6) is 0 Å². The van der Waals surface area contributed by atoms with Gasteiger partial charge in [-0.2, -0.15) is 0 Å². The van der Waals surface area contributed by atoms with E-state index >= 15 is 0 Å². The van der Waals surface area contributed by atoms with E-state index in [1.54, 1.807) is 13.0 Å². The molecule has 0 saturated heterocycles. The first-order valence-corrected chi connectivity index (χ1v) is 9.17. The number of hydrogen-bond acceptors (Lipinski definition) is 3. The van der Waals surface area contributed by atoms with Crippen molar-refractivity contribution in [3.8, 4) is 0 Å². The Morgan fingerprint density at radius 1 is 1.14 bits per heavy atom. The summed E-state index contributed by atoms with van der Waals surface area (Å²) in [6.45, 7) is 1.94. The molecule has 7 heteroatoms. The highest BCUT2D eigenvalue weighted by atomic mass is 79.9. The minimum Gasteiger partial charge on any atom is -0.398 e. The Bertz CT molecular complexity index is 777. The summed E-state index contributed by atoms with van der Waals surface area (Å²) < 4.78 is 28.9. The summed E-state index contributed by atoms with van der Waals surface area (Å²) in [6, 6.07) is 10.6. The first-order valence-electron chi connectivity index (χ1n) is 6.10. The van der Waals surface area contributed by atoms with Crippen LogP contribution in [-0.4, -0.2) is 8.42 Å². The molecule has 112 valence electrons. The third-order valence-corrected chi connectivity index (χ3v) is 6.00. The quantitative estimate of drug-likeness (QED) is 0.723. The van der Waals surface area contributed by atoms with Crippen LogP contribution in [0, 0.1) is 6.92 Å². The van der Waals surface area contributed by atoms with Crippen LogP contribution < -0.4 is 10.5 Å². The van der Waals surface area contributed by atoms with Crippen LogP contribution in [0.4, 0.5) is 5.69 Å². The van der Waals surface area contributed by atoms with E-state index in [1.165, 1.54) is 6.07 Å². The van der Waals surface area contributed by atoms with Gasteiger partial charge < -0.3 is 5.73 Å². The lowest BCUT2D eigenvalue weighted by Crippen LogP contribution is -2.24. The molecule has 0 unspecified atom stereocenters. The van der Waals surface area contributed by atoms with E-state index in [0.29, 0.717) is 15.7 Å². The first kappa shape index (κ1) is 16.5. The van der Waals surface area contributed by atoms with Crippen molar-refractivity contribution in [1.82, 2.24) is 4.72 Å². The zero-order valence-corrected chi connectivity index (χ0v) is 15.2. The highest BCUT2D eigenvalue weighted by molar-refractivity contribution is 9.10. The topological polar surface area (TPSA) is 72.2 Å². The fourth-order valence-electron chi connectivity index (χ4n) is 1.85. The summed E-state index contributed by atoms with van der Waals surface area (Å²) in [4.78, 5) is 0.190. The predicted octanol–water partition coefficient (Wildman–Crippen LogP) is 3.58. The first-order chi connectivity index (χ1) is 9.81. The fourth-order valence-corrected chi connectivity index (χ4v) is 4.00. The number of aryl methyl sites for hydroxylation is 1. The minimum atomic E-state index is -3.62. The van der Waals surface area contributed by atoms with Gasteiger partial charge in [0.2, 0.25) is 10.0 Å². The van der Waals surface area contributed by atoms with Crippen molar-refractivity contribution in [2.24, 2.45) is 0 Å². The number of halogens is 2. The maximum Gasteiger partial charge on any atom is 0.241 e. The van der Waals surface area contributed by atoms with Crippen LogP contribution >= 0.6 is 31.9 Å². The van der Waals surface area contributed by atoms with E-state index in [4.69, 9.17) is 5.73 Å². The SMILES string of the molecule is Cc1cc(Br)c(N)cc1S(=O)(=O)NCc1ccccc1Br. The van der Waals surface area contributed by atoms with E-state index in [0.717, 1.165) is 10.0 Å². The lowest BCUT2D eigenvalue weighted by molar-refractivity contribution is 0.580.